The number of methoxy groups -OCH3 is 1. The third-order valence-corrected chi connectivity index (χ3v) is 4.56. The molecule has 2 rings (SSSR count). The fourth-order valence-electron chi connectivity index (χ4n) is 3.19. The van der Waals surface area contributed by atoms with Gasteiger partial charge in [0.2, 0.25) is 0 Å². The normalized spacial score (nSPS) is 13.6. The molecule has 0 unspecified atom stereocenters. The molecule has 0 bridgehead atoms. The predicted octanol–water partition coefficient (Wildman–Crippen LogP) is 3.00. The van der Waals surface area contributed by atoms with Crippen LogP contribution in [0.25, 0.3) is 0 Å². The van der Waals surface area contributed by atoms with Gasteiger partial charge in [0.1, 0.15) is 5.75 Å². The van der Waals surface area contributed by atoms with Crippen LogP contribution < -0.4 is 10.6 Å². The summed E-state index contributed by atoms with van der Waals surface area (Å²) < 4.78 is 10.4. The largest absolute Gasteiger partial charge is 0.508 e. The van der Waals surface area contributed by atoms with E-state index in [4.69, 9.17) is 9.47 Å². The first-order valence-corrected chi connectivity index (χ1v) is 9.67. The second-order valence-corrected chi connectivity index (χ2v) is 6.49. The number of aliphatic imine (C=N–C) groups is 1. The van der Waals surface area contributed by atoms with Crippen molar-refractivity contribution in [3.05, 3.63) is 28.8 Å². The molecule has 0 aromatic heterocycles. The summed E-state index contributed by atoms with van der Waals surface area (Å²) in [5.74, 6) is 1.13. The van der Waals surface area contributed by atoms with E-state index in [0.717, 1.165) is 43.9 Å². The number of phenols is 1. The van der Waals surface area contributed by atoms with Crippen molar-refractivity contribution in [1.29, 1.82) is 0 Å². The van der Waals surface area contributed by atoms with E-state index in [1.165, 1.54) is 24.0 Å². The smallest absolute Gasteiger partial charge is 0.191 e. The van der Waals surface area contributed by atoms with E-state index in [0.29, 0.717) is 32.1 Å². The lowest BCUT2D eigenvalue weighted by Crippen LogP contribution is -2.38. The summed E-state index contributed by atoms with van der Waals surface area (Å²) in [6, 6.07) is 3.87. The average Bonchev–Trinajstić information content (AvgIpc) is 2.66. The van der Waals surface area contributed by atoms with E-state index in [1.54, 1.807) is 7.11 Å². The van der Waals surface area contributed by atoms with Gasteiger partial charge in [-0.05, 0) is 56.2 Å². The van der Waals surface area contributed by atoms with Crippen molar-refractivity contribution in [3.8, 4) is 5.75 Å². The summed E-state index contributed by atoms with van der Waals surface area (Å²) in [4.78, 5) is 4.67. The Labute approximate surface area is 180 Å². The number of hydrogen-bond donors (Lipinski definition) is 3. The van der Waals surface area contributed by atoms with E-state index in [2.05, 4.69) is 21.7 Å². The van der Waals surface area contributed by atoms with Crippen molar-refractivity contribution in [2.75, 3.05) is 40.0 Å². The molecule has 0 atom stereocenters. The maximum absolute atomic E-state index is 10.3. The number of nitrogens with zero attached hydrogens (tertiary/aromatic N) is 1. The van der Waals surface area contributed by atoms with Gasteiger partial charge in [-0.2, -0.15) is 0 Å². The van der Waals surface area contributed by atoms with Gasteiger partial charge in [-0.3, -0.25) is 0 Å². The highest BCUT2D eigenvalue weighted by atomic mass is 127. The van der Waals surface area contributed by atoms with Crippen molar-refractivity contribution in [3.63, 3.8) is 0 Å². The summed E-state index contributed by atoms with van der Waals surface area (Å²) in [6.07, 6.45) is 5.47. The zero-order chi connectivity index (χ0) is 18.6. The summed E-state index contributed by atoms with van der Waals surface area (Å²) >= 11 is 0. The molecule has 6 nitrogen and oxygen atoms in total. The quantitative estimate of drug-likeness (QED) is 0.203. The molecule has 0 saturated carbocycles. The lowest BCUT2D eigenvalue weighted by Gasteiger charge is -2.20. The highest BCUT2D eigenvalue weighted by molar-refractivity contribution is 14.0. The number of guanidine groups is 1. The van der Waals surface area contributed by atoms with Crippen LogP contribution in [0.4, 0.5) is 0 Å². The maximum Gasteiger partial charge on any atom is 0.191 e. The van der Waals surface area contributed by atoms with Gasteiger partial charge < -0.3 is 25.2 Å². The SMILES string of the molecule is CCNC(=NCc1c(O)ccc2c1CCCC2)NCCCOCCOC.I. The van der Waals surface area contributed by atoms with Crippen LogP contribution in [0.15, 0.2) is 17.1 Å². The summed E-state index contributed by atoms with van der Waals surface area (Å²) in [7, 11) is 1.67. The third kappa shape index (κ3) is 8.23. The molecule has 0 aliphatic heterocycles. The van der Waals surface area contributed by atoms with Gasteiger partial charge >= 0.3 is 0 Å². The lowest BCUT2D eigenvalue weighted by molar-refractivity contribution is 0.0698. The molecular formula is C20H34IN3O3. The number of nitrogens with one attached hydrogen (secondary N) is 2. The minimum atomic E-state index is 0. The Morgan fingerprint density at radius 3 is 2.74 bits per heavy atom. The minimum Gasteiger partial charge on any atom is -0.508 e. The van der Waals surface area contributed by atoms with Gasteiger partial charge in [-0.15, -0.1) is 24.0 Å². The fraction of sp³-hybridized carbons (Fsp3) is 0.650. The maximum atomic E-state index is 10.3. The lowest BCUT2D eigenvalue weighted by atomic mass is 9.88. The first-order chi connectivity index (χ1) is 12.8. The number of phenolic OH excluding ortho intramolecular Hbond substituents is 1. The molecule has 0 fully saturated rings. The topological polar surface area (TPSA) is 75.1 Å². The van der Waals surface area contributed by atoms with Crippen LogP contribution in [-0.2, 0) is 28.9 Å². The third-order valence-electron chi connectivity index (χ3n) is 4.56. The second kappa shape index (κ2) is 14.0. The van der Waals surface area contributed by atoms with Gasteiger partial charge in [0, 0.05) is 32.4 Å². The molecule has 27 heavy (non-hydrogen) atoms. The fourth-order valence-corrected chi connectivity index (χ4v) is 3.19. The van der Waals surface area contributed by atoms with E-state index in [1.807, 2.05) is 13.0 Å². The van der Waals surface area contributed by atoms with Crippen molar-refractivity contribution < 1.29 is 14.6 Å². The van der Waals surface area contributed by atoms with Crippen LogP contribution in [0.3, 0.4) is 0 Å². The minimum absolute atomic E-state index is 0. The molecule has 0 saturated heterocycles. The number of ether oxygens (including phenoxy) is 2. The molecule has 0 spiro atoms. The average molecular weight is 491 g/mol. The van der Waals surface area contributed by atoms with E-state index < -0.39 is 0 Å². The highest BCUT2D eigenvalue weighted by Gasteiger charge is 2.16. The van der Waals surface area contributed by atoms with Gasteiger partial charge in [0.05, 0.1) is 19.8 Å². The van der Waals surface area contributed by atoms with Crippen molar-refractivity contribution in [1.82, 2.24) is 10.6 Å². The van der Waals surface area contributed by atoms with E-state index in [9.17, 15) is 5.11 Å². The number of rotatable bonds is 10. The number of aromatic hydroxyl groups is 1. The molecule has 0 radical (unpaired) electrons. The van der Waals surface area contributed by atoms with Crippen molar-refractivity contribution in [2.24, 2.45) is 4.99 Å². The predicted molar refractivity (Wildman–Crippen MR) is 120 cm³/mol. The Morgan fingerprint density at radius 1 is 1.15 bits per heavy atom. The Morgan fingerprint density at radius 2 is 1.96 bits per heavy atom. The standard InChI is InChI=1S/C20H33N3O3.HI/c1-3-21-20(22-11-6-12-26-14-13-25-2)23-15-18-17-8-5-4-7-16(17)9-10-19(18)24;/h9-10,24H,3-8,11-15H2,1-2H3,(H2,21,22,23);1H. The zero-order valence-corrected chi connectivity index (χ0v) is 18.9. The molecule has 1 aromatic carbocycles. The zero-order valence-electron chi connectivity index (χ0n) is 16.6. The molecular weight excluding hydrogens is 457 g/mol. The molecule has 0 amide bonds. The molecule has 7 heteroatoms. The van der Waals surface area contributed by atoms with Crippen LogP contribution in [-0.4, -0.2) is 51.1 Å². The second-order valence-electron chi connectivity index (χ2n) is 6.49. The molecule has 0 heterocycles. The van der Waals surface area contributed by atoms with Gasteiger partial charge in [-0.1, -0.05) is 6.07 Å². The van der Waals surface area contributed by atoms with Crippen molar-refractivity contribution >= 4 is 29.9 Å². The van der Waals surface area contributed by atoms with Gasteiger partial charge in [0.25, 0.3) is 0 Å². The van der Waals surface area contributed by atoms with Gasteiger partial charge in [-0.25, -0.2) is 4.99 Å². The molecule has 1 aliphatic rings. The van der Waals surface area contributed by atoms with Crippen LogP contribution >= 0.6 is 24.0 Å². The molecule has 3 N–H and O–H groups in total. The van der Waals surface area contributed by atoms with Gasteiger partial charge in [0.15, 0.2) is 5.96 Å². The Balaban J connectivity index is 0.00000364. The van der Waals surface area contributed by atoms with Crippen molar-refractivity contribution in [2.45, 2.75) is 45.6 Å². The monoisotopic (exact) mass is 491 g/mol. The van der Waals surface area contributed by atoms with E-state index in [-0.39, 0.29) is 24.0 Å². The van der Waals surface area contributed by atoms with Crippen LogP contribution in [0, 0.1) is 0 Å². The van der Waals surface area contributed by atoms with Crippen LogP contribution in [0.2, 0.25) is 0 Å². The number of hydrogen-bond acceptors (Lipinski definition) is 4. The van der Waals surface area contributed by atoms with Crippen LogP contribution in [0.1, 0.15) is 42.9 Å². The number of fused-ring (bicyclic) bond motifs is 1. The summed E-state index contributed by atoms with van der Waals surface area (Å²) in [5, 5.41) is 16.9. The van der Waals surface area contributed by atoms with Crippen LogP contribution in [0.5, 0.6) is 5.75 Å². The molecule has 1 aromatic rings. The Bertz CT molecular complexity index is 582. The first kappa shape index (κ1) is 24.0. The first-order valence-electron chi connectivity index (χ1n) is 9.67. The summed E-state index contributed by atoms with van der Waals surface area (Å²) in [5.41, 5.74) is 3.63. The Hall–Kier alpha value is -1.06. The highest BCUT2D eigenvalue weighted by Crippen LogP contribution is 2.30. The number of halogens is 1. The van der Waals surface area contributed by atoms with E-state index >= 15 is 0 Å². The number of aryl methyl sites for hydroxylation is 1. The Kier molecular flexibility index (Phi) is 12.4. The number of benzene rings is 1. The molecule has 154 valence electrons. The molecule has 1 aliphatic carbocycles. The summed E-state index contributed by atoms with van der Waals surface area (Å²) in [6.45, 7) is 6.09.